The van der Waals surface area contributed by atoms with Crippen LogP contribution in [0.25, 0.3) is 0 Å². The van der Waals surface area contributed by atoms with Gasteiger partial charge in [0.25, 0.3) is 0 Å². The molecule has 0 radical (unpaired) electrons. The number of rotatable bonds is 5. The number of aliphatic hydroxyl groups excluding tert-OH is 1. The molecule has 1 N–H and O–H groups in total. The van der Waals surface area contributed by atoms with E-state index in [4.69, 9.17) is 0 Å². The van der Waals surface area contributed by atoms with Crippen molar-refractivity contribution < 1.29 is 5.11 Å². The zero-order chi connectivity index (χ0) is 12.2. The quantitative estimate of drug-likeness (QED) is 0.799. The lowest BCUT2D eigenvalue weighted by molar-refractivity contribution is 0.0734. The van der Waals surface area contributed by atoms with E-state index in [2.05, 4.69) is 35.4 Å². The Hall–Kier alpha value is -0.510. The van der Waals surface area contributed by atoms with E-state index in [0.717, 1.165) is 6.54 Å². The van der Waals surface area contributed by atoms with Gasteiger partial charge in [0.05, 0.1) is 6.61 Å². The third-order valence-electron chi connectivity index (χ3n) is 3.00. The van der Waals surface area contributed by atoms with Crippen molar-refractivity contribution >= 4 is 11.8 Å². The van der Waals surface area contributed by atoms with Crippen LogP contribution >= 0.6 is 11.8 Å². The molecule has 0 spiro atoms. The Kier molecular flexibility index (Phi) is 4.84. The molecule has 0 atom stereocenters. The molecule has 1 aromatic carbocycles. The van der Waals surface area contributed by atoms with E-state index in [1.165, 1.54) is 10.5 Å². The van der Waals surface area contributed by atoms with Gasteiger partial charge in [-0.1, -0.05) is 12.1 Å². The highest BCUT2D eigenvalue weighted by atomic mass is 32.2. The maximum absolute atomic E-state index is 9.28. The van der Waals surface area contributed by atoms with Crippen LogP contribution in [0.1, 0.15) is 19.4 Å². The summed E-state index contributed by atoms with van der Waals surface area (Å²) >= 11 is 1.75. The van der Waals surface area contributed by atoms with Crippen LogP contribution in [0, 0.1) is 0 Å². The zero-order valence-electron chi connectivity index (χ0n) is 10.5. The van der Waals surface area contributed by atoms with Gasteiger partial charge in [0.2, 0.25) is 0 Å². The average Bonchev–Trinajstić information content (AvgIpc) is 2.30. The number of nitrogens with zero attached hydrogens (tertiary/aromatic N) is 1. The van der Waals surface area contributed by atoms with Gasteiger partial charge in [0.1, 0.15) is 0 Å². The minimum Gasteiger partial charge on any atom is -0.394 e. The zero-order valence-corrected chi connectivity index (χ0v) is 11.3. The molecule has 0 saturated heterocycles. The molecule has 90 valence electrons. The van der Waals surface area contributed by atoms with Gasteiger partial charge in [0.15, 0.2) is 0 Å². The molecule has 0 heterocycles. The molecule has 0 fully saturated rings. The van der Waals surface area contributed by atoms with E-state index in [9.17, 15) is 5.11 Å². The molecule has 0 bridgehead atoms. The molecule has 1 aromatic rings. The second-order valence-corrected chi connectivity index (χ2v) is 5.55. The van der Waals surface area contributed by atoms with E-state index in [-0.39, 0.29) is 12.1 Å². The Morgan fingerprint density at radius 1 is 1.25 bits per heavy atom. The number of aliphatic hydroxyl groups is 1. The molecular weight excluding hydrogens is 218 g/mol. The van der Waals surface area contributed by atoms with Crippen molar-refractivity contribution in [2.24, 2.45) is 0 Å². The Bertz CT molecular complexity index is 321. The molecule has 0 aromatic heterocycles. The molecule has 0 saturated carbocycles. The summed E-state index contributed by atoms with van der Waals surface area (Å²) in [7, 11) is 2.04. The Balaban J connectivity index is 2.66. The van der Waals surface area contributed by atoms with Crippen molar-refractivity contribution in [1.82, 2.24) is 4.90 Å². The lowest BCUT2D eigenvalue weighted by Crippen LogP contribution is -2.43. The lowest BCUT2D eigenvalue weighted by atomic mass is 10.0. The molecule has 3 heteroatoms. The van der Waals surface area contributed by atoms with E-state index in [1.807, 2.05) is 20.9 Å². The fourth-order valence-corrected chi connectivity index (χ4v) is 1.75. The van der Waals surface area contributed by atoms with Crippen LogP contribution in [0.15, 0.2) is 29.2 Å². The smallest absolute Gasteiger partial charge is 0.0610 e. The Labute approximate surface area is 103 Å². The van der Waals surface area contributed by atoms with Crippen LogP contribution < -0.4 is 0 Å². The van der Waals surface area contributed by atoms with Gasteiger partial charge in [-0.25, -0.2) is 0 Å². The van der Waals surface area contributed by atoms with Crippen molar-refractivity contribution in [3.63, 3.8) is 0 Å². The Morgan fingerprint density at radius 2 is 1.81 bits per heavy atom. The highest BCUT2D eigenvalue weighted by molar-refractivity contribution is 7.98. The second-order valence-electron chi connectivity index (χ2n) is 4.67. The maximum Gasteiger partial charge on any atom is 0.0610 e. The van der Waals surface area contributed by atoms with E-state index in [1.54, 1.807) is 11.8 Å². The number of benzene rings is 1. The van der Waals surface area contributed by atoms with E-state index < -0.39 is 0 Å². The molecule has 0 aliphatic rings. The molecule has 0 aliphatic carbocycles. The van der Waals surface area contributed by atoms with Crippen molar-refractivity contribution in [2.75, 3.05) is 19.9 Å². The maximum atomic E-state index is 9.28. The van der Waals surface area contributed by atoms with E-state index in [0.29, 0.717) is 0 Å². The normalized spacial score (nSPS) is 12.1. The summed E-state index contributed by atoms with van der Waals surface area (Å²) in [5.41, 5.74) is 1.11. The Morgan fingerprint density at radius 3 is 2.25 bits per heavy atom. The first-order valence-corrected chi connectivity index (χ1v) is 6.67. The third kappa shape index (κ3) is 3.51. The first kappa shape index (κ1) is 13.6. The van der Waals surface area contributed by atoms with Gasteiger partial charge in [-0.15, -0.1) is 11.8 Å². The van der Waals surface area contributed by atoms with Crippen LogP contribution in [0.4, 0.5) is 0 Å². The van der Waals surface area contributed by atoms with Crippen molar-refractivity contribution in [3.8, 4) is 0 Å². The number of likely N-dealkylation sites (N-methyl/N-ethyl adjacent to an activating group) is 1. The SMILES string of the molecule is CSc1ccc(CN(C)C(C)(C)CO)cc1. The van der Waals surface area contributed by atoms with Gasteiger partial charge in [-0.05, 0) is 44.8 Å². The summed E-state index contributed by atoms with van der Waals surface area (Å²) in [5.74, 6) is 0. The molecule has 0 unspecified atom stereocenters. The summed E-state index contributed by atoms with van der Waals surface area (Å²) in [6, 6.07) is 8.57. The molecule has 2 nitrogen and oxygen atoms in total. The molecule has 1 rings (SSSR count). The largest absolute Gasteiger partial charge is 0.394 e. The summed E-state index contributed by atoms with van der Waals surface area (Å²) in [6.07, 6.45) is 2.08. The molecule has 0 amide bonds. The molecular formula is C13H21NOS. The number of hydrogen-bond donors (Lipinski definition) is 1. The average molecular weight is 239 g/mol. The summed E-state index contributed by atoms with van der Waals surface area (Å²) in [6.45, 7) is 5.13. The van der Waals surface area contributed by atoms with Crippen molar-refractivity contribution in [2.45, 2.75) is 30.8 Å². The minimum absolute atomic E-state index is 0.168. The number of hydrogen-bond acceptors (Lipinski definition) is 3. The van der Waals surface area contributed by atoms with Gasteiger partial charge >= 0.3 is 0 Å². The van der Waals surface area contributed by atoms with Crippen molar-refractivity contribution in [1.29, 1.82) is 0 Å². The van der Waals surface area contributed by atoms with Crippen LogP contribution in [-0.2, 0) is 6.54 Å². The summed E-state index contributed by atoms with van der Waals surface area (Å²) in [5, 5.41) is 9.28. The second kappa shape index (κ2) is 5.71. The predicted molar refractivity (Wildman–Crippen MR) is 70.9 cm³/mol. The van der Waals surface area contributed by atoms with Crippen LogP contribution in [0.2, 0.25) is 0 Å². The fraction of sp³-hybridized carbons (Fsp3) is 0.538. The van der Waals surface area contributed by atoms with E-state index >= 15 is 0 Å². The van der Waals surface area contributed by atoms with Crippen LogP contribution in [-0.4, -0.2) is 35.5 Å². The highest BCUT2D eigenvalue weighted by Crippen LogP contribution is 2.18. The first-order chi connectivity index (χ1) is 7.49. The fourth-order valence-electron chi connectivity index (χ4n) is 1.34. The van der Waals surface area contributed by atoms with Gasteiger partial charge in [-0.2, -0.15) is 0 Å². The van der Waals surface area contributed by atoms with Gasteiger partial charge < -0.3 is 5.11 Å². The third-order valence-corrected chi connectivity index (χ3v) is 3.74. The molecule has 0 aliphatic heterocycles. The number of thioether (sulfide) groups is 1. The summed E-state index contributed by atoms with van der Waals surface area (Å²) < 4.78 is 0. The highest BCUT2D eigenvalue weighted by Gasteiger charge is 2.22. The first-order valence-electron chi connectivity index (χ1n) is 5.44. The van der Waals surface area contributed by atoms with Crippen molar-refractivity contribution in [3.05, 3.63) is 29.8 Å². The molecule has 16 heavy (non-hydrogen) atoms. The van der Waals surface area contributed by atoms with Gasteiger partial charge in [0, 0.05) is 17.0 Å². The summed E-state index contributed by atoms with van der Waals surface area (Å²) in [4.78, 5) is 3.45. The topological polar surface area (TPSA) is 23.5 Å². The minimum atomic E-state index is -0.168. The standard InChI is InChI=1S/C13H21NOS/c1-13(2,10-15)14(3)9-11-5-7-12(16-4)8-6-11/h5-8,15H,9-10H2,1-4H3. The monoisotopic (exact) mass is 239 g/mol. The van der Waals surface area contributed by atoms with Gasteiger partial charge in [-0.3, -0.25) is 4.90 Å². The lowest BCUT2D eigenvalue weighted by Gasteiger charge is -2.33. The van der Waals surface area contributed by atoms with Crippen LogP contribution in [0.3, 0.4) is 0 Å². The van der Waals surface area contributed by atoms with Crippen LogP contribution in [0.5, 0.6) is 0 Å². The predicted octanol–water partition coefficient (Wildman–Crippen LogP) is 2.61.